The maximum atomic E-state index is 14.5. The summed E-state index contributed by atoms with van der Waals surface area (Å²) in [6.07, 6.45) is 1.52. The van der Waals surface area contributed by atoms with Crippen LogP contribution in [0.3, 0.4) is 0 Å². The number of ketones is 1. The summed E-state index contributed by atoms with van der Waals surface area (Å²) >= 11 is 0. The van der Waals surface area contributed by atoms with Gasteiger partial charge in [-0.25, -0.2) is 18.0 Å². The van der Waals surface area contributed by atoms with Gasteiger partial charge in [0.1, 0.15) is 11.6 Å². The molecule has 0 aliphatic rings. The van der Waals surface area contributed by atoms with E-state index in [-0.39, 0.29) is 16.9 Å². The van der Waals surface area contributed by atoms with Gasteiger partial charge in [0.05, 0.1) is 24.4 Å². The number of urea groups is 1. The lowest BCUT2D eigenvalue weighted by molar-refractivity contribution is 0.103. The molecule has 3 aromatic carbocycles. The Morgan fingerprint density at radius 1 is 0.909 bits per heavy atom. The number of carbonyl (C=O) groups excluding carboxylic acids is 2. The van der Waals surface area contributed by atoms with Crippen molar-refractivity contribution in [1.29, 1.82) is 0 Å². The molecular weight excluding hydrogens is 435 g/mol. The number of hydrogen-bond donors (Lipinski definition) is 2. The van der Waals surface area contributed by atoms with E-state index in [1.165, 1.54) is 43.6 Å². The first-order valence-electron chi connectivity index (χ1n) is 9.65. The smallest absolute Gasteiger partial charge is 0.323 e. The van der Waals surface area contributed by atoms with Crippen LogP contribution in [0.5, 0.6) is 5.75 Å². The first-order chi connectivity index (χ1) is 15.8. The molecule has 1 heterocycles. The normalized spacial score (nSPS) is 10.7. The van der Waals surface area contributed by atoms with E-state index < -0.39 is 34.8 Å². The minimum Gasteiger partial charge on any atom is -0.495 e. The molecule has 0 fully saturated rings. The molecule has 0 bridgehead atoms. The number of pyridine rings is 1. The quantitative estimate of drug-likeness (QED) is 0.391. The third kappa shape index (κ3) is 4.77. The first-order valence-corrected chi connectivity index (χ1v) is 9.65. The highest BCUT2D eigenvalue weighted by atomic mass is 19.2. The predicted molar refractivity (Wildman–Crippen MR) is 117 cm³/mol. The van der Waals surface area contributed by atoms with E-state index in [4.69, 9.17) is 4.74 Å². The topological polar surface area (TPSA) is 80.3 Å². The van der Waals surface area contributed by atoms with Crippen molar-refractivity contribution in [3.05, 3.63) is 95.4 Å². The second kappa shape index (κ2) is 8.99. The molecule has 0 radical (unpaired) electrons. The zero-order chi connectivity index (χ0) is 23.5. The summed E-state index contributed by atoms with van der Waals surface area (Å²) in [5, 5.41) is 5.25. The zero-order valence-electron chi connectivity index (χ0n) is 17.2. The number of aromatic nitrogens is 1. The molecule has 0 atom stereocenters. The van der Waals surface area contributed by atoms with E-state index in [0.717, 1.165) is 18.2 Å². The maximum absolute atomic E-state index is 14.5. The van der Waals surface area contributed by atoms with Crippen LogP contribution in [0.4, 0.5) is 29.3 Å². The number of halogens is 3. The van der Waals surface area contributed by atoms with Crippen LogP contribution in [0.2, 0.25) is 0 Å². The highest BCUT2D eigenvalue weighted by Crippen LogP contribution is 2.25. The molecule has 0 aliphatic carbocycles. The van der Waals surface area contributed by atoms with Crippen molar-refractivity contribution in [2.24, 2.45) is 0 Å². The SMILES string of the molecule is COc1cnc2ccc(C(=O)c3cc(NC(=O)Nc4cccc(F)c4)cc(F)c3F)cc2c1. The summed E-state index contributed by atoms with van der Waals surface area (Å²) in [5.41, 5.74) is 0.119. The Kier molecular flexibility index (Phi) is 5.95. The number of nitrogens with zero attached hydrogens (tertiary/aromatic N) is 1. The first kappa shape index (κ1) is 21.8. The lowest BCUT2D eigenvalue weighted by atomic mass is 10.00. The molecule has 2 N–H and O–H groups in total. The molecule has 6 nitrogen and oxygen atoms in total. The number of ether oxygens (including phenoxy) is 1. The second-order valence-corrected chi connectivity index (χ2v) is 7.02. The molecule has 1 aromatic heterocycles. The standard InChI is InChI=1S/C24H16F3N3O3/c1-33-18-8-14-7-13(5-6-21(14)28-12-18)23(31)19-10-17(11-20(26)22(19)27)30-24(32)29-16-4-2-3-15(25)9-16/h2-12H,1H3,(H2,29,30,32). The summed E-state index contributed by atoms with van der Waals surface area (Å²) in [4.78, 5) is 29.3. The third-order valence-electron chi connectivity index (χ3n) is 4.77. The van der Waals surface area contributed by atoms with Gasteiger partial charge in [-0.2, -0.15) is 0 Å². The Balaban J connectivity index is 1.62. The van der Waals surface area contributed by atoms with Gasteiger partial charge in [0, 0.05) is 28.4 Å². The van der Waals surface area contributed by atoms with Crippen LogP contribution in [0.25, 0.3) is 10.9 Å². The van der Waals surface area contributed by atoms with Gasteiger partial charge in [0.25, 0.3) is 0 Å². The van der Waals surface area contributed by atoms with Gasteiger partial charge in [-0.1, -0.05) is 6.07 Å². The van der Waals surface area contributed by atoms with Crippen LogP contribution in [0.15, 0.2) is 66.9 Å². The fraction of sp³-hybridized carbons (Fsp3) is 0.0417. The van der Waals surface area contributed by atoms with Crippen LogP contribution < -0.4 is 15.4 Å². The minimum atomic E-state index is -1.35. The van der Waals surface area contributed by atoms with E-state index in [9.17, 15) is 22.8 Å². The molecule has 9 heteroatoms. The van der Waals surface area contributed by atoms with Crippen LogP contribution in [0, 0.1) is 17.5 Å². The summed E-state index contributed by atoms with van der Waals surface area (Å²) in [6.45, 7) is 0. The third-order valence-corrected chi connectivity index (χ3v) is 4.77. The highest BCUT2D eigenvalue weighted by Gasteiger charge is 2.20. The molecule has 2 amide bonds. The number of hydrogen-bond acceptors (Lipinski definition) is 4. The summed E-state index contributed by atoms with van der Waals surface area (Å²) in [5.74, 6) is -3.53. The molecule has 0 aliphatic heterocycles. The number of benzene rings is 3. The van der Waals surface area contributed by atoms with E-state index in [2.05, 4.69) is 15.6 Å². The van der Waals surface area contributed by atoms with Crippen molar-refractivity contribution >= 4 is 34.1 Å². The maximum Gasteiger partial charge on any atom is 0.323 e. The minimum absolute atomic E-state index is 0.0946. The van der Waals surface area contributed by atoms with Gasteiger partial charge in [0.2, 0.25) is 0 Å². The fourth-order valence-electron chi connectivity index (χ4n) is 3.21. The van der Waals surface area contributed by atoms with Crippen molar-refractivity contribution in [2.75, 3.05) is 17.7 Å². The van der Waals surface area contributed by atoms with Crippen LogP contribution in [-0.4, -0.2) is 23.9 Å². The van der Waals surface area contributed by atoms with Gasteiger partial charge in [-0.3, -0.25) is 9.78 Å². The van der Waals surface area contributed by atoms with Crippen molar-refractivity contribution < 1.29 is 27.5 Å². The van der Waals surface area contributed by atoms with E-state index >= 15 is 0 Å². The van der Waals surface area contributed by atoms with E-state index in [0.29, 0.717) is 16.7 Å². The van der Waals surface area contributed by atoms with Gasteiger partial charge in [-0.05, 0) is 48.5 Å². The van der Waals surface area contributed by atoms with Crippen molar-refractivity contribution in [1.82, 2.24) is 4.98 Å². The Morgan fingerprint density at radius 3 is 2.45 bits per heavy atom. The number of anilines is 2. The van der Waals surface area contributed by atoms with Crippen molar-refractivity contribution in [3.63, 3.8) is 0 Å². The number of methoxy groups -OCH3 is 1. The van der Waals surface area contributed by atoms with Crippen molar-refractivity contribution in [3.8, 4) is 5.75 Å². The van der Waals surface area contributed by atoms with Gasteiger partial charge in [0.15, 0.2) is 17.4 Å². The molecule has 0 saturated heterocycles. The molecule has 0 spiro atoms. The number of rotatable bonds is 5. The largest absolute Gasteiger partial charge is 0.495 e. The fourth-order valence-corrected chi connectivity index (χ4v) is 3.21. The molecule has 166 valence electrons. The second-order valence-electron chi connectivity index (χ2n) is 7.02. The summed E-state index contributed by atoms with van der Waals surface area (Å²) in [6, 6.07) is 12.2. The van der Waals surface area contributed by atoms with Crippen LogP contribution in [-0.2, 0) is 0 Å². The average Bonchev–Trinajstić information content (AvgIpc) is 2.80. The highest BCUT2D eigenvalue weighted by molar-refractivity contribution is 6.11. The molecule has 4 rings (SSSR count). The summed E-state index contributed by atoms with van der Waals surface area (Å²) in [7, 11) is 1.47. The lowest BCUT2D eigenvalue weighted by Gasteiger charge is -2.11. The van der Waals surface area contributed by atoms with Crippen LogP contribution >= 0.6 is 0 Å². The van der Waals surface area contributed by atoms with E-state index in [1.807, 2.05) is 0 Å². The molecule has 0 unspecified atom stereocenters. The number of carbonyl (C=O) groups is 2. The average molecular weight is 451 g/mol. The molecule has 33 heavy (non-hydrogen) atoms. The molecule has 0 saturated carbocycles. The van der Waals surface area contributed by atoms with Gasteiger partial charge >= 0.3 is 6.03 Å². The number of fused-ring (bicyclic) bond motifs is 1. The predicted octanol–water partition coefficient (Wildman–Crippen LogP) is 5.54. The van der Waals surface area contributed by atoms with Crippen LogP contribution in [0.1, 0.15) is 15.9 Å². The Hall–Kier alpha value is -4.40. The molecule has 4 aromatic rings. The Morgan fingerprint density at radius 2 is 1.70 bits per heavy atom. The zero-order valence-corrected chi connectivity index (χ0v) is 17.2. The van der Waals surface area contributed by atoms with Crippen molar-refractivity contribution in [2.45, 2.75) is 0 Å². The number of nitrogens with one attached hydrogen (secondary N) is 2. The Bertz CT molecular complexity index is 1390. The Labute approximate surface area is 186 Å². The molecular formula is C24H16F3N3O3. The lowest BCUT2D eigenvalue weighted by Crippen LogP contribution is -2.20. The number of amides is 2. The van der Waals surface area contributed by atoms with E-state index in [1.54, 1.807) is 12.1 Å². The van der Waals surface area contributed by atoms with Gasteiger partial charge < -0.3 is 15.4 Å². The summed E-state index contributed by atoms with van der Waals surface area (Å²) < 4.78 is 47.1. The van der Waals surface area contributed by atoms with Gasteiger partial charge in [-0.15, -0.1) is 0 Å². The monoisotopic (exact) mass is 451 g/mol.